The zero-order chi connectivity index (χ0) is 14.7. The van der Waals surface area contributed by atoms with Gasteiger partial charge in [-0.1, -0.05) is 11.6 Å². The molecule has 118 valence electrons. The van der Waals surface area contributed by atoms with Crippen molar-refractivity contribution in [3.8, 4) is 5.88 Å². The van der Waals surface area contributed by atoms with Gasteiger partial charge in [0.05, 0.1) is 18.1 Å². The summed E-state index contributed by atoms with van der Waals surface area (Å²) in [5, 5.41) is 3.67. The Morgan fingerprint density at radius 1 is 1.52 bits per heavy atom. The average Bonchev–Trinajstić information content (AvgIpc) is 2.43. The Kier molecular flexibility index (Phi) is 6.71. The van der Waals surface area contributed by atoms with Gasteiger partial charge >= 0.3 is 0 Å². The predicted octanol–water partition coefficient (Wildman–Crippen LogP) is 2.42. The quantitative estimate of drug-likeness (QED) is 0.884. The highest BCUT2D eigenvalue weighted by atomic mass is 35.5. The first kappa shape index (κ1) is 18.0. The number of nitrogens with one attached hydrogen (secondary N) is 1. The maximum absolute atomic E-state index is 12.1. The molecular formula is C14H21Cl2N3O2. The van der Waals surface area contributed by atoms with Gasteiger partial charge < -0.3 is 15.8 Å². The molecule has 3 N–H and O–H groups in total. The third kappa shape index (κ3) is 3.99. The Hall–Kier alpha value is -1.04. The van der Waals surface area contributed by atoms with Crippen LogP contribution in [0.25, 0.3) is 0 Å². The molecule has 0 amide bonds. The van der Waals surface area contributed by atoms with Crippen LogP contribution in [0.4, 0.5) is 5.82 Å². The van der Waals surface area contributed by atoms with E-state index < -0.39 is 0 Å². The van der Waals surface area contributed by atoms with Crippen molar-refractivity contribution in [2.45, 2.75) is 25.7 Å². The molecule has 1 aliphatic heterocycles. The molecular weight excluding hydrogens is 313 g/mol. The molecule has 1 saturated heterocycles. The number of aromatic nitrogens is 1. The van der Waals surface area contributed by atoms with Crippen LogP contribution in [0.5, 0.6) is 5.88 Å². The lowest BCUT2D eigenvalue weighted by Crippen LogP contribution is -2.33. The molecule has 7 heteroatoms. The normalized spacial score (nSPS) is 16.9. The molecule has 0 aromatic carbocycles. The van der Waals surface area contributed by atoms with E-state index in [4.69, 9.17) is 22.1 Å². The molecule has 1 aromatic rings. The fraction of sp³-hybridized carbons (Fsp3) is 0.571. The second kappa shape index (κ2) is 7.82. The van der Waals surface area contributed by atoms with Crippen LogP contribution in [0.2, 0.25) is 5.02 Å². The Morgan fingerprint density at radius 2 is 2.14 bits per heavy atom. The maximum atomic E-state index is 12.1. The van der Waals surface area contributed by atoms with Crippen molar-refractivity contribution >= 4 is 35.6 Å². The standard InChI is InChI=1S/C14H20ClN3O2.ClH/c1-8(19)12(9-3-5-17-6-4-9)10-7-11(15)13(16)18-14(10)20-2;/h7,9,12,17H,3-6H2,1-2H3,(H2,16,18);1H. The second-order valence-electron chi connectivity index (χ2n) is 5.13. The van der Waals surface area contributed by atoms with Crippen LogP contribution in [0.3, 0.4) is 0 Å². The molecule has 0 radical (unpaired) electrons. The molecule has 0 aliphatic carbocycles. The van der Waals surface area contributed by atoms with E-state index in [1.165, 1.54) is 7.11 Å². The van der Waals surface area contributed by atoms with Crippen LogP contribution in [0.15, 0.2) is 6.07 Å². The van der Waals surface area contributed by atoms with Crippen LogP contribution in [0, 0.1) is 5.92 Å². The summed E-state index contributed by atoms with van der Waals surface area (Å²) in [7, 11) is 1.53. The predicted molar refractivity (Wildman–Crippen MR) is 86.5 cm³/mol. The lowest BCUT2D eigenvalue weighted by Gasteiger charge is -2.30. The highest BCUT2D eigenvalue weighted by molar-refractivity contribution is 6.32. The van der Waals surface area contributed by atoms with Gasteiger partial charge in [-0.2, -0.15) is 4.98 Å². The number of hydrogen-bond acceptors (Lipinski definition) is 5. The summed E-state index contributed by atoms with van der Waals surface area (Å²) in [6.45, 7) is 3.45. The zero-order valence-corrected chi connectivity index (χ0v) is 13.8. The topological polar surface area (TPSA) is 77.2 Å². The number of Topliss-reactive ketones (excluding diaryl/α,β-unsaturated/α-hetero) is 1. The minimum Gasteiger partial charge on any atom is -0.481 e. The summed E-state index contributed by atoms with van der Waals surface area (Å²) < 4.78 is 5.29. The molecule has 0 saturated carbocycles. The van der Waals surface area contributed by atoms with Gasteiger partial charge in [-0.15, -0.1) is 12.4 Å². The van der Waals surface area contributed by atoms with E-state index in [1.807, 2.05) is 0 Å². The number of methoxy groups -OCH3 is 1. The number of piperidine rings is 1. The number of ether oxygens (including phenoxy) is 1. The van der Waals surface area contributed by atoms with Crippen LogP contribution < -0.4 is 15.8 Å². The van der Waals surface area contributed by atoms with E-state index in [9.17, 15) is 4.79 Å². The van der Waals surface area contributed by atoms with Gasteiger partial charge in [0.25, 0.3) is 0 Å². The summed E-state index contributed by atoms with van der Waals surface area (Å²) in [6.07, 6.45) is 1.91. The van der Waals surface area contributed by atoms with Gasteiger partial charge in [0.1, 0.15) is 11.6 Å². The molecule has 1 unspecified atom stereocenters. The van der Waals surface area contributed by atoms with Crippen LogP contribution in [-0.4, -0.2) is 31.0 Å². The van der Waals surface area contributed by atoms with Crippen molar-refractivity contribution in [1.29, 1.82) is 0 Å². The molecule has 2 heterocycles. The van der Waals surface area contributed by atoms with Crippen molar-refractivity contribution in [2.75, 3.05) is 25.9 Å². The minimum atomic E-state index is -0.238. The van der Waals surface area contributed by atoms with E-state index in [2.05, 4.69) is 10.3 Å². The van der Waals surface area contributed by atoms with Gasteiger partial charge in [-0.3, -0.25) is 4.79 Å². The summed E-state index contributed by atoms with van der Waals surface area (Å²) >= 11 is 6.06. The first-order chi connectivity index (χ1) is 9.54. The molecule has 1 aliphatic rings. The summed E-state index contributed by atoms with van der Waals surface area (Å²) in [4.78, 5) is 16.3. The summed E-state index contributed by atoms with van der Waals surface area (Å²) in [5.74, 6) is 0.769. The molecule has 0 spiro atoms. The molecule has 5 nitrogen and oxygen atoms in total. The lowest BCUT2D eigenvalue weighted by molar-refractivity contribution is -0.119. The van der Waals surface area contributed by atoms with E-state index in [-0.39, 0.29) is 35.8 Å². The van der Waals surface area contributed by atoms with Gasteiger partial charge in [0, 0.05) is 5.56 Å². The Balaban J connectivity index is 0.00000220. The first-order valence-corrected chi connectivity index (χ1v) is 7.13. The lowest BCUT2D eigenvalue weighted by atomic mass is 9.78. The minimum absolute atomic E-state index is 0. The third-order valence-electron chi connectivity index (χ3n) is 3.82. The molecule has 21 heavy (non-hydrogen) atoms. The summed E-state index contributed by atoms with van der Waals surface area (Å²) in [6, 6.07) is 1.72. The van der Waals surface area contributed by atoms with E-state index in [1.54, 1.807) is 13.0 Å². The number of anilines is 1. The molecule has 1 fully saturated rings. The molecule has 2 rings (SSSR count). The molecule has 1 aromatic heterocycles. The number of ketones is 1. The van der Waals surface area contributed by atoms with Gasteiger partial charge in [-0.25, -0.2) is 0 Å². The number of nitrogens with two attached hydrogens (primary N) is 1. The number of pyridine rings is 1. The fourth-order valence-electron chi connectivity index (χ4n) is 2.87. The maximum Gasteiger partial charge on any atom is 0.219 e. The molecule has 0 bridgehead atoms. The second-order valence-corrected chi connectivity index (χ2v) is 5.54. The molecule has 1 atom stereocenters. The Morgan fingerprint density at radius 3 is 2.67 bits per heavy atom. The van der Waals surface area contributed by atoms with E-state index in [0.29, 0.717) is 10.9 Å². The van der Waals surface area contributed by atoms with Crippen molar-refractivity contribution in [2.24, 2.45) is 5.92 Å². The Bertz CT molecular complexity index is 505. The first-order valence-electron chi connectivity index (χ1n) is 6.75. The van der Waals surface area contributed by atoms with Crippen LogP contribution in [-0.2, 0) is 4.79 Å². The number of carbonyl (C=O) groups excluding carboxylic acids is 1. The van der Waals surface area contributed by atoms with Gasteiger partial charge in [0.2, 0.25) is 5.88 Å². The SMILES string of the molecule is COc1nc(N)c(Cl)cc1C(C(C)=O)C1CCNCC1.Cl. The summed E-state index contributed by atoms with van der Waals surface area (Å²) in [5.41, 5.74) is 6.44. The van der Waals surface area contributed by atoms with Gasteiger partial charge in [-0.05, 0) is 44.8 Å². The van der Waals surface area contributed by atoms with E-state index in [0.717, 1.165) is 31.5 Å². The van der Waals surface area contributed by atoms with Gasteiger partial charge in [0.15, 0.2) is 0 Å². The Labute approximate surface area is 136 Å². The van der Waals surface area contributed by atoms with Crippen LogP contribution >= 0.6 is 24.0 Å². The zero-order valence-electron chi connectivity index (χ0n) is 12.2. The monoisotopic (exact) mass is 333 g/mol. The van der Waals surface area contributed by atoms with Crippen LogP contribution in [0.1, 0.15) is 31.2 Å². The number of nitrogen functional groups attached to an aromatic ring is 1. The van der Waals surface area contributed by atoms with Crippen molar-refractivity contribution in [1.82, 2.24) is 10.3 Å². The number of carbonyl (C=O) groups is 1. The number of halogens is 2. The number of hydrogen-bond donors (Lipinski definition) is 2. The highest BCUT2D eigenvalue weighted by Gasteiger charge is 2.31. The van der Waals surface area contributed by atoms with Crippen molar-refractivity contribution in [3.63, 3.8) is 0 Å². The average molecular weight is 334 g/mol. The largest absolute Gasteiger partial charge is 0.481 e. The fourth-order valence-corrected chi connectivity index (χ4v) is 3.03. The smallest absolute Gasteiger partial charge is 0.219 e. The number of rotatable bonds is 4. The third-order valence-corrected chi connectivity index (χ3v) is 4.12. The van der Waals surface area contributed by atoms with Crippen molar-refractivity contribution < 1.29 is 9.53 Å². The number of nitrogens with zero attached hydrogens (tertiary/aromatic N) is 1. The van der Waals surface area contributed by atoms with E-state index >= 15 is 0 Å². The van der Waals surface area contributed by atoms with Crippen molar-refractivity contribution in [3.05, 3.63) is 16.7 Å². The highest BCUT2D eigenvalue weighted by Crippen LogP contribution is 2.38.